The monoisotopic (exact) mass is 388 g/mol. The van der Waals surface area contributed by atoms with Gasteiger partial charge in [0.1, 0.15) is 5.02 Å². The van der Waals surface area contributed by atoms with Crippen LogP contribution < -0.4 is 5.32 Å². The van der Waals surface area contributed by atoms with E-state index < -0.39 is 10.8 Å². The SMILES string of the molecule is O=C(Nc1cccc(Cl)c1Br)c1ccc(Cl)c([N+](=O)[O-])c1. The maximum Gasteiger partial charge on any atom is 0.288 e. The van der Waals surface area contributed by atoms with Crippen molar-refractivity contribution in [2.24, 2.45) is 0 Å². The summed E-state index contributed by atoms with van der Waals surface area (Å²) in [7, 11) is 0. The van der Waals surface area contributed by atoms with E-state index in [1.54, 1.807) is 18.2 Å². The Hall–Kier alpha value is -1.63. The molecule has 0 bridgehead atoms. The number of nitro benzene ring substituents is 1. The number of halogens is 3. The van der Waals surface area contributed by atoms with Crippen molar-refractivity contribution < 1.29 is 9.72 Å². The minimum absolute atomic E-state index is 0.0273. The van der Waals surface area contributed by atoms with Crippen LogP contribution >= 0.6 is 39.1 Å². The van der Waals surface area contributed by atoms with Crippen molar-refractivity contribution >= 4 is 56.4 Å². The summed E-state index contributed by atoms with van der Waals surface area (Å²) >= 11 is 14.9. The molecule has 2 rings (SSSR count). The molecule has 5 nitrogen and oxygen atoms in total. The summed E-state index contributed by atoms with van der Waals surface area (Å²) in [6, 6.07) is 8.82. The number of carbonyl (C=O) groups excluding carboxylic acids is 1. The average molecular weight is 390 g/mol. The lowest BCUT2D eigenvalue weighted by atomic mass is 10.2. The second-order valence-electron chi connectivity index (χ2n) is 3.98. The average Bonchev–Trinajstić information content (AvgIpc) is 2.44. The summed E-state index contributed by atoms with van der Waals surface area (Å²) in [5, 5.41) is 13.8. The zero-order valence-electron chi connectivity index (χ0n) is 10.3. The third-order valence-corrected chi connectivity index (χ3v) is 4.32. The Labute approximate surface area is 138 Å². The molecule has 0 atom stereocenters. The van der Waals surface area contributed by atoms with Crippen molar-refractivity contribution in [3.05, 3.63) is 66.6 Å². The van der Waals surface area contributed by atoms with Gasteiger partial charge in [-0.15, -0.1) is 0 Å². The Bertz CT molecular complexity index is 737. The first-order chi connectivity index (χ1) is 9.90. The van der Waals surface area contributed by atoms with Gasteiger partial charge < -0.3 is 5.32 Å². The maximum absolute atomic E-state index is 12.1. The molecule has 8 heteroatoms. The molecule has 0 saturated carbocycles. The number of nitrogens with one attached hydrogen (secondary N) is 1. The molecule has 0 spiro atoms. The zero-order valence-corrected chi connectivity index (χ0v) is 13.4. The largest absolute Gasteiger partial charge is 0.321 e. The highest BCUT2D eigenvalue weighted by Crippen LogP contribution is 2.31. The van der Waals surface area contributed by atoms with Gasteiger partial charge >= 0.3 is 0 Å². The van der Waals surface area contributed by atoms with Crippen molar-refractivity contribution in [2.45, 2.75) is 0 Å². The molecule has 2 aromatic carbocycles. The normalized spacial score (nSPS) is 10.2. The van der Waals surface area contributed by atoms with Crippen molar-refractivity contribution in [3.63, 3.8) is 0 Å². The first-order valence-corrected chi connectivity index (χ1v) is 7.14. The molecular weight excluding hydrogens is 383 g/mol. The predicted octanol–water partition coefficient (Wildman–Crippen LogP) is 4.92. The van der Waals surface area contributed by atoms with Crippen LogP contribution in [0.15, 0.2) is 40.9 Å². The van der Waals surface area contributed by atoms with Gasteiger partial charge in [0.05, 0.1) is 20.1 Å². The molecule has 2 aromatic rings. The predicted molar refractivity (Wildman–Crippen MR) is 85.2 cm³/mol. The summed E-state index contributed by atoms with van der Waals surface area (Å²) in [4.78, 5) is 22.3. The number of amides is 1. The third kappa shape index (κ3) is 3.53. The van der Waals surface area contributed by atoms with E-state index in [2.05, 4.69) is 21.2 Å². The number of nitrogens with zero attached hydrogens (tertiary/aromatic N) is 1. The van der Waals surface area contributed by atoms with E-state index >= 15 is 0 Å². The standard InChI is InChI=1S/C13H7BrCl2N2O3/c14-12-9(16)2-1-3-10(12)17-13(19)7-4-5-8(15)11(6-7)18(20)21/h1-6H,(H,17,19). The molecule has 0 radical (unpaired) electrons. The van der Waals surface area contributed by atoms with E-state index in [-0.39, 0.29) is 16.3 Å². The first kappa shape index (κ1) is 15.8. The van der Waals surface area contributed by atoms with Crippen molar-refractivity contribution in [2.75, 3.05) is 5.32 Å². The number of nitro groups is 1. The van der Waals surface area contributed by atoms with E-state index in [9.17, 15) is 14.9 Å². The van der Waals surface area contributed by atoms with Gasteiger partial charge in [0.2, 0.25) is 0 Å². The number of benzene rings is 2. The van der Waals surface area contributed by atoms with Crippen LogP contribution in [0.1, 0.15) is 10.4 Å². The van der Waals surface area contributed by atoms with Gasteiger partial charge in [-0.25, -0.2) is 0 Å². The minimum Gasteiger partial charge on any atom is -0.321 e. The molecule has 0 aliphatic heterocycles. The second-order valence-corrected chi connectivity index (χ2v) is 5.59. The van der Waals surface area contributed by atoms with E-state index in [1.807, 2.05) is 0 Å². The Morgan fingerprint density at radius 1 is 1.19 bits per heavy atom. The highest BCUT2D eigenvalue weighted by Gasteiger charge is 2.17. The molecule has 1 N–H and O–H groups in total. The molecule has 0 heterocycles. The smallest absolute Gasteiger partial charge is 0.288 e. The van der Waals surface area contributed by atoms with Crippen LogP contribution in [-0.4, -0.2) is 10.8 Å². The van der Waals surface area contributed by atoms with Gasteiger partial charge in [-0.3, -0.25) is 14.9 Å². The van der Waals surface area contributed by atoms with Gasteiger partial charge in [-0.2, -0.15) is 0 Å². The van der Waals surface area contributed by atoms with E-state index in [0.29, 0.717) is 15.2 Å². The number of hydrogen-bond donors (Lipinski definition) is 1. The second kappa shape index (κ2) is 6.43. The molecule has 0 fully saturated rings. The van der Waals surface area contributed by atoms with Crippen LogP contribution in [0.4, 0.5) is 11.4 Å². The lowest BCUT2D eigenvalue weighted by Crippen LogP contribution is -2.12. The molecule has 0 aliphatic rings. The fraction of sp³-hybridized carbons (Fsp3) is 0. The summed E-state index contributed by atoms with van der Waals surface area (Å²) < 4.78 is 0.531. The van der Waals surface area contributed by atoms with Crippen LogP contribution in [-0.2, 0) is 0 Å². The van der Waals surface area contributed by atoms with Gasteiger partial charge in [-0.05, 0) is 40.2 Å². The fourth-order valence-corrected chi connectivity index (χ4v) is 2.31. The van der Waals surface area contributed by atoms with Gasteiger partial charge in [0.25, 0.3) is 11.6 Å². The highest BCUT2D eigenvalue weighted by atomic mass is 79.9. The van der Waals surface area contributed by atoms with E-state index in [0.717, 1.165) is 6.07 Å². The number of rotatable bonds is 3. The molecule has 0 aliphatic carbocycles. The van der Waals surface area contributed by atoms with E-state index in [4.69, 9.17) is 23.2 Å². The lowest BCUT2D eigenvalue weighted by molar-refractivity contribution is -0.384. The topological polar surface area (TPSA) is 72.2 Å². The lowest BCUT2D eigenvalue weighted by Gasteiger charge is -2.08. The van der Waals surface area contributed by atoms with Gasteiger partial charge in [0.15, 0.2) is 0 Å². The van der Waals surface area contributed by atoms with Crippen molar-refractivity contribution in [3.8, 4) is 0 Å². The molecular formula is C13H7BrCl2N2O3. The Kier molecular flexibility index (Phi) is 4.82. The van der Waals surface area contributed by atoms with Gasteiger partial charge in [0, 0.05) is 11.6 Å². The van der Waals surface area contributed by atoms with Crippen LogP contribution in [0.5, 0.6) is 0 Å². The van der Waals surface area contributed by atoms with Crippen molar-refractivity contribution in [1.82, 2.24) is 0 Å². The molecule has 0 saturated heterocycles. The number of carbonyl (C=O) groups is 1. The molecule has 108 valence electrons. The van der Waals surface area contributed by atoms with E-state index in [1.165, 1.54) is 12.1 Å². The molecule has 0 unspecified atom stereocenters. The highest BCUT2D eigenvalue weighted by molar-refractivity contribution is 9.10. The zero-order chi connectivity index (χ0) is 15.6. The molecule has 1 amide bonds. The first-order valence-electron chi connectivity index (χ1n) is 5.59. The molecule has 0 aromatic heterocycles. The van der Waals surface area contributed by atoms with Crippen LogP contribution in [0, 0.1) is 10.1 Å². The summed E-state index contributed by atoms with van der Waals surface area (Å²) in [6.07, 6.45) is 0. The Morgan fingerprint density at radius 2 is 1.90 bits per heavy atom. The van der Waals surface area contributed by atoms with Crippen LogP contribution in [0.25, 0.3) is 0 Å². The van der Waals surface area contributed by atoms with Crippen molar-refractivity contribution in [1.29, 1.82) is 0 Å². The summed E-state index contributed by atoms with van der Waals surface area (Å²) in [6.45, 7) is 0. The molecule has 21 heavy (non-hydrogen) atoms. The fourth-order valence-electron chi connectivity index (χ4n) is 1.59. The number of hydrogen-bond acceptors (Lipinski definition) is 3. The maximum atomic E-state index is 12.1. The third-order valence-electron chi connectivity index (χ3n) is 2.60. The van der Waals surface area contributed by atoms with Gasteiger partial charge in [-0.1, -0.05) is 29.3 Å². The van der Waals surface area contributed by atoms with Crippen LogP contribution in [0.3, 0.4) is 0 Å². The Balaban J connectivity index is 2.31. The minimum atomic E-state index is -0.644. The Morgan fingerprint density at radius 3 is 2.57 bits per heavy atom. The van der Waals surface area contributed by atoms with Crippen LogP contribution in [0.2, 0.25) is 10.0 Å². The number of anilines is 1. The summed E-state index contributed by atoms with van der Waals surface area (Å²) in [5.41, 5.74) is 0.262. The summed E-state index contributed by atoms with van der Waals surface area (Å²) in [5.74, 6) is -0.502. The quantitative estimate of drug-likeness (QED) is 0.598.